The number of aromatic nitrogens is 2. The molecule has 0 fully saturated rings. The number of hydrogen-bond acceptors (Lipinski definition) is 4. The van der Waals surface area contributed by atoms with E-state index >= 15 is 0 Å². The van der Waals surface area contributed by atoms with Gasteiger partial charge < -0.3 is 10.1 Å². The van der Waals surface area contributed by atoms with Gasteiger partial charge in [-0.15, -0.1) is 0 Å². The third-order valence-corrected chi connectivity index (χ3v) is 3.18. The molecule has 0 radical (unpaired) electrons. The fourth-order valence-corrected chi connectivity index (χ4v) is 2.00. The van der Waals surface area contributed by atoms with Crippen molar-refractivity contribution in [3.63, 3.8) is 0 Å². The van der Waals surface area contributed by atoms with Gasteiger partial charge in [-0.2, -0.15) is 0 Å². The minimum Gasteiger partial charge on any atom is -0.489 e. The topological polar surface area (TPSA) is 64.1 Å². The maximum Gasteiger partial charge on any atom is 0.274 e. The van der Waals surface area contributed by atoms with Crippen molar-refractivity contribution in [3.05, 3.63) is 84.4 Å². The zero-order valence-corrected chi connectivity index (χ0v) is 12.3. The third-order valence-electron chi connectivity index (χ3n) is 3.18. The molecule has 0 spiro atoms. The van der Waals surface area contributed by atoms with Crippen LogP contribution in [-0.2, 0) is 6.61 Å². The van der Waals surface area contributed by atoms with Crippen LogP contribution in [0, 0.1) is 0 Å². The van der Waals surface area contributed by atoms with E-state index in [1.54, 1.807) is 18.2 Å². The van der Waals surface area contributed by atoms with E-state index in [0.29, 0.717) is 18.0 Å². The highest BCUT2D eigenvalue weighted by molar-refractivity contribution is 6.02. The maximum absolute atomic E-state index is 12.0. The minimum absolute atomic E-state index is 0.273. The van der Waals surface area contributed by atoms with Crippen LogP contribution in [0.25, 0.3) is 0 Å². The molecule has 0 saturated heterocycles. The van der Waals surface area contributed by atoms with E-state index in [-0.39, 0.29) is 5.91 Å². The smallest absolute Gasteiger partial charge is 0.274 e. The Morgan fingerprint density at radius 2 is 1.78 bits per heavy atom. The summed E-state index contributed by atoms with van der Waals surface area (Å²) in [5.41, 5.74) is 2.11. The summed E-state index contributed by atoms with van der Waals surface area (Å²) in [7, 11) is 0. The van der Waals surface area contributed by atoms with Gasteiger partial charge in [-0.3, -0.25) is 4.79 Å². The van der Waals surface area contributed by atoms with Crippen LogP contribution in [0.5, 0.6) is 5.75 Å². The maximum atomic E-state index is 12.0. The van der Waals surface area contributed by atoms with Gasteiger partial charge in [0.05, 0.1) is 0 Å². The largest absolute Gasteiger partial charge is 0.489 e. The Hall–Kier alpha value is -3.21. The standard InChI is InChI=1S/C18H15N3O2/c22-18(17-10-11-19-13-20-17)21-15-6-8-16(9-7-15)23-12-14-4-2-1-3-5-14/h1-11,13H,12H2,(H,21,22). The Morgan fingerprint density at radius 1 is 1.00 bits per heavy atom. The van der Waals surface area contributed by atoms with Crippen LogP contribution < -0.4 is 10.1 Å². The van der Waals surface area contributed by atoms with Gasteiger partial charge in [0.15, 0.2) is 0 Å². The minimum atomic E-state index is -0.273. The second kappa shape index (κ2) is 7.17. The molecule has 1 N–H and O–H groups in total. The summed E-state index contributed by atoms with van der Waals surface area (Å²) in [5.74, 6) is 0.472. The van der Waals surface area contributed by atoms with Crippen LogP contribution in [0.3, 0.4) is 0 Å². The number of amides is 1. The average molecular weight is 305 g/mol. The average Bonchev–Trinajstić information content (AvgIpc) is 2.63. The molecule has 0 atom stereocenters. The predicted molar refractivity (Wildman–Crippen MR) is 87.2 cm³/mol. The molecule has 5 nitrogen and oxygen atoms in total. The van der Waals surface area contributed by atoms with Gasteiger partial charge in [-0.05, 0) is 35.9 Å². The van der Waals surface area contributed by atoms with Crippen molar-refractivity contribution >= 4 is 11.6 Å². The predicted octanol–water partition coefficient (Wildman–Crippen LogP) is 3.31. The van der Waals surface area contributed by atoms with Gasteiger partial charge in [0.25, 0.3) is 5.91 Å². The molecule has 0 aliphatic carbocycles. The molecule has 1 heterocycles. The zero-order valence-electron chi connectivity index (χ0n) is 12.3. The molecule has 1 amide bonds. The number of nitrogens with one attached hydrogen (secondary N) is 1. The van der Waals surface area contributed by atoms with E-state index in [1.807, 2.05) is 42.5 Å². The Morgan fingerprint density at radius 3 is 2.48 bits per heavy atom. The van der Waals surface area contributed by atoms with Gasteiger partial charge in [-0.25, -0.2) is 9.97 Å². The van der Waals surface area contributed by atoms with Crippen molar-refractivity contribution < 1.29 is 9.53 Å². The molecular weight excluding hydrogens is 290 g/mol. The normalized spacial score (nSPS) is 10.1. The van der Waals surface area contributed by atoms with E-state index < -0.39 is 0 Å². The van der Waals surface area contributed by atoms with E-state index in [2.05, 4.69) is 15.3 Å². The summed E-state index contributed by atoms with van der Waals surface area (Å²) < 4.78 is 5.70. The van der Waals surface area contributed by atoms with Crippen molar-refractivity contribution in [2.24, 2.45) is 0 Å². The molecule has 2 aromatic carbocycles. The number of hydrogen-bond donors (Lipinski definition) is 1. The first-order chi connectivity index (χ1) is 11.3. The molecule has 114 valence electrons. The van der Waals surface area contributed by atoms with E-state index in [0.717, 1.165) is 11.3 Å². The SMILES string of the molecule is O=C(Nc1ccc(OCc2ccccc2)cc1)c1ccncn1. The fourth-order valence-electron chi connectivity index (χ4n) is 2.00. The summed E-state index contributed by atoms with van der Waals surface area (Å²) in [6, 6.07) is 18.7. The highest BCUT2D eigenvalue weighted by Gasteiger charge is 2.06. The lowest BCUT2D eigenvalue weighted by atomic mass is 10.2. The molecule has 5 heteroatoms. The van der Waals surface area contributed by atoms with Crippen LogP contribution in [0.1, 0.15) is 16.1 Å². The van der Waals surface area contributed by atoms with Crippen LogP contribution in [0.15, 0.2) is 73.2 Å². The van der Waals surface area contributed by atoms with Gasteiger partial charge in [0.2, 0.25) is 0 Å². The van der Waals surface area contributed by atoms with E-state index in [9.17, 15) is 4.79 Å². The Kier molecular flexibility index (Phi) is 4.59. The number of benzene rings is 2. The number of carbonyl (C=O) groups is 1. The van der Waals surface area contributed by atoms with Crippen LogP contribution >= 0.6 is 0 Å². The van der Waals surface area contributed by atoms with Crippen LogP contribution in [-0.4, -0.2) is 15.9 Å². The van der Waals surface area contributed by atoms with Crippen molar-refractivity contribution in [2.75, 3.05) is 5.32 Å². The summed E-state index contributed by atoms with van der Waals surface area (Å²) in [5, 5.41) is 2.77. The Balaban J connectivity index is 1.58. The molecule has 23 heavy (non-hydrogen) atoms. The summed E-state index contributed by atoms with van der Waals surface area (Å²) in [6.07, 6.45) is 2.87. The molecule has 0 unspecified atom stereocenters. The summed E-state index contributed by atoms with van der Waals surface area (Å²) in [4.78, 5) is 19.7. The lowest BCUT2D eigenvalue weighted by Crippen LogP contribution is -2.13. The van der Waals surface area contributed by atoms with Crippen molar-refractivity contribution in [1.82, 2.24) is 9.97 Å². The highest BCUT2D eigenvalue weighted by atomic mass is 16.5. The van der Waals surface area contributed by atoms with Crippen LogP contribution in [0.4, 0.5) is 5.69 Å². The first-order valence-electron chi connectivity index (χ1n) is 7.15. The van der Waals surface area contributed by atoms with Crippen molar-refractivity contribution in [2.45, 2.75) is 6.61 Å². The second-order valence-electron chi connectivity index (χ2n) is 4.85. The fraction of sp³-hybridized carbons (Fsp3) is 0.0556. The quantitative estimate of drug-likeness (QED) is 0.785. The van der Waals surface area contributed by atoms with Gasteiger partial charge in [0, 0.05) is 11.9 Å². The monoisotopic (exact) mass is 305 g/mol. The highest BCUT2D eigenvalue weighted by Crippen LogP contribution is 2.17. The summed E-state index contributed by atoms with van der Waals surface area (Å²) >= 11 is 0. The Labute approximate surface area is 134 Å². The van der Waals surface area contributed by atoms with Crippen LogP contribution in [0.2, 0.25) is 0 Å². The number of nitrogens with zero attached hydrogens (tertiary/aromatic N) is 2. The number of ether oxygens (including phenoxy) is 1. The number of anilines is 1. The molecule has 3 rings (SSSR count). The number of carbonyl (C=O) groups excluding carboxylic acids is 1. The molecule has 3 aromatic rings. The Bertz CT molecular complexity index is 759. The van der Waals surface area contributed by atoms with E-state index in [4.69, 9.17) is 4.74 Å². The lowest BCUT2D eigenvalue weighted by Gasteiger charge is -2.08. The molecule has 0 bridgehead atoms. The molecule has 0 aliphatic heterocycles. The van der Waals surface area contributed by atoms with E-state index in [1.165, 1.54) is 12.5 Å². The van der Waals surface area contributed by atoms with Gasteiger partial charge >= 0.3 is 0 Å². The second-order valence-corrected chi connectivity index (χ2v) is 4.85. The third kappa shape index (κ3) is 4.14. The molecular formula is C18H15N3O2. The molecule has 0 aliphatic rings. The zero-order chi connectivity index (χ0) is 15.9. The molecule has 0 saturated carbocycles. The molecule has 1 aromatic heterocycles. The van der Waals surface area contributed by atoms with Gasteiger partial charge in [-0.1, -0.05) is 30.3 Å². The number of rotatable bonds is 5. The first-order valence-corrected chi connectivity index (χ1v) is 7.15. The first kappa shape index (κ1) is 14.7. The van der Waals surface area contributed by atoms with Crippen molar-refractivity contribution in [3.8, 4) is 5.75 Å². The van der Waals surface area contributed by atoms with Gasteiger partial charge in [0.1, 0.15) is 24.4 Å². The lowest BCUT2D eigenvalue weighted by molar-refractivity contribution is 0.102. The van der Waals surface area contributed by atoms with Crippen molar-refractivity contribution in [1.29, 1.82) is 0 Å². The summed E-state index contributed by atoms with van der Waals surface area (Å²) in [6.45, 7) is 0.507.